The molecular formula is C14H11F2N3OS. The van der Waals surface area contributed by atoms with E-state index in [9.17, 15) is 8.78 Å². The molecule has 0 aliphatic carbocycles. The minimum atomic E-state index is -0.632. The monoisotopic (exact) mass is 307 g/mol. The lowest BCUT2D eigenvalue weighted by molar-refractivity contribution is 0.423. The lowest BCUT2D eigenvalue weighted by Gasteiger charge is -1.99. The van der Waals surface area contributed by atoms with Gasteiger partial charge in [-0.3, -0.25) is 0 Å². The maximum absolute atomic E-state index is 13.6. The number of hydrogen-bond acceptors (Lipinski definition) is 5. The zero-order chi connectivity index (χ0) is 15.0. The fourth-order valence-corrected chi connectivity index (χ4v) is 2.75. The molecule has 0 saturated carbocycles. The molecule has 0 bridgehead atoms. The van der Waals surface area contributed by atoms with Gasteiger partial charge in [0.2, 0.25) is 0 Å². The zero-order valence-corrected chi connectivity index (χ0v) is 11.9. The number of hydrogen-bond donors (Lipinski definition) is 1. The van der Waals surface area contributed by atoms with Crippen LogP contribution in [0.15, 0.2) is 28.8 Å². The van der Waals surface area contributed by atoms with E-state index in [1.54, 1.807) is 0 Å². The van der Waals surface area contributed by atoms with E-state index in [4.69, 9.17) is 10.3 Å². The number of anilines is 1. The molecule has 0 aliphatic rings. The maximum atomic E-state index is 13.6. The van der Waals surface area contributed by atoms with E-state index in [0.29, 0.717) is 27.8 Å². The predicted octanol–water partition coefficient (Wildman–Crippen LogP) is 3.56. The summed E-state index contributed by atoms with van der Waals surface area (Å²) in [6, 6.07) is 5.25. The summed E-state index contributed by atoms with van der Waals surface area (Å²) in [5.74, 6) is -0.632. The Bertz CT molecular complexity index is 797. The fraction of sp³-hybridized carbons (Fsp3) is 0.143. The molecule has 0 aliphatic heterocycles. The van der Waals surface area contributed by atoms with E-state index in [0.717, 1.165) is 10.9 Å². The van der Waals surface area contributed by atoms with Gasteiger partial charge in [0, 0.05) is 17.4 Å². The number of nitrogen functional groups attached to an aromatic ring is 1. The van der Waals surface area contributed by atoms with Gasteiger partial charge >= 0.3 is 0 Å². The van der Waals surface area contributed by atoms with Crippen LogP contribution < -0.4 is 5.73 Å². The standard InChI is InChI=1S/C14H11F2N3OS/c1-7-4-10(13(17)21-7)14-18-12(19-20-14)5-8-2-3-9(15)6-11(8)16/h2-4,6H,5,17H2,1H3. The van der Waals surface area contributed by atoms with Gasteiger partial charge in [0.05, 0.1) is 10.6 Å². The second kappa shape index (κ2) is 5.25. The number of aryl methyl sites for hydroxylation is 1. The molecule has 1 aromatic carbocycles. The van der Waals surface area contributed by atoms with E-state index >= 15 is 0 Å². The number of benzene rings is 1. The molecule has 2 heterocycles. The van der Waals surface area contributed by atoms with E-state index in [-0.39, 0.29) is 6.42 Å². The van der Waals surface area contributed by atoms with E-state index < -0.39 is 11.6 Å². The SMILES string of the molecule is Cc1cc(-c2nc(Cc3ccc(F)cc3F)no2)c(N)s1. The van der Waals surface area contributed by atoms with Crippen molar-refractivity contribution in [2.45, 2.75) is 13.3 Å². The molecule has 2 aromatic heterocycles. The van der Waals surface area contributed by atoms with Gasteiger partial charge in [-0.2, -0.15) is 4.98 Å². The van der Waals surface area contributed by atoms with Gasteiger partial charge in [-0.05, 0) is 24.6 Å². The van der Waals surface area contributed by atoms with Gasteiger partial charge in [0.25, 0.3) is 5.89 Å². The summed E-state index contributed by atoms with van der Waals surface area (Å²) in [6.45, 7) is 1.93. The Hall–Kier alpha value is -2.28. The number of rotatable bonds is 3. The molecule has 2 N–H and O–H groups in total. The molecule has 0 radical (unpaired) electrons. The Morgan fingerprint density at radius 2 is 2.10 bits per heavy atom. The first-order valence-corrected chi connectivity index (χ1v) is 6.97. The number of thiophene rings is 1. The number of nitrogens with two attached hydrogens (primary N) is 1. The lowest BCUT2D eigenvalue weighted by atomic mass is 10.1. The van der Waals surface area contributed by atoms with Gasteiger partial charge in [-0.1, -0.05) is 11.2 Å². The van der Waals surface area contributed by atoms with Crippen LogP contribution in [0.5, 0.6) is 0 Å². The minimum Gasteiger partial charge on any atom is -0.390 e. The molecular weight excluding hydrogens is 296 g/mol. The number of nitrogens with zero attached hydrogens (tertiary/aromatic N) is 2. The lowest BCUT2D eigenvalue weighted by Crippen LogP contribution is -1.95. The molecule has 0 spiro atoms. The zero-order valence-electron chi connectivity index (χ0n) is 11.1. The van der Waals surface area contributed by atoms with E-state index in [1.165, 1.54) is 23.5 Å². The number of halogens is 2. The van der Waals surface area contributed by atoms with Crippen LogP contribution in [0.2, 0.25) is 0 Å². The van der Waals surface area contributed by atoms with Crippen molar-refractivity contribution in [3.8, 4) is 11.5 Å². The summed E-state index contributed by atoms with van der Waals surface area (Å²) < 4.78 is 31.6. The minimum absolute atomic E-state index is 0.124. The van der Waals surface area contributed by atoms with Gasteiger partial charge in [-0.25, -0.2) is 8.78 Å². The average molecular weight is 307 g/mol. The molecule has 0 fully saturated rings. The summed E-state index contributed by atoms with van der Waals surface area (Å²) in [5.41, 5.74) is 6.85. The van der Waals surface area contributed by atoms with Crippen LogP contribution in [-0.4, -0.2) is 10.1 Å². The van der Waals surface area contributed by atoms with Crippen molar-refractivity contribution in [2.75, 3.05) is 5.73 Å². The first-order chi connectivity index (χ1) is 10.0. The smallest absolute Gasteiger partial charge is 0.260 e. The van der Waals surface area contributed by atoms with Gasteiger partial charge in [-0.15, -0.1) is 11.3 Å². The highest BCUT2D eigenvalue weighted by molar-refractivity contribution is 7.16. The third kappa shape index (κ3) is 2.78. The second-order valence-corrected chi connectivity index (χ2v) is 5.85. The molecule has 4 nitrogen and oxygen atoms in total. The molecule has 0 saturated heterocycles. The van der Waals surface area contributed by atoms with Gasteiger partial charge in [0.1, 0.15) is 11.6 Å². The van der Waals surface area contributed by atoms with Crippen LogP contribution in [0.25, 0.3) is 11.5 Å². The molecule has 0 atom stereocenters. The Kier molecular flexibility index (Phi) is 3.42. The topological polar surface area (TPSA) is 64.9 Å². The van der Waals surface area contributed by atoms with E-state index in [1.807, 2.05) is 13.0 Å². The van der Waals surface area contributed by atoms with Crippen molar-refractivity contribution in [1.82, 2.24) is 10.1 Å². The summed E-state index contributed by atoms with van der Waals surface area (Å²) in [7, 11) is 0. The molecule has 21 heavy (non-hydrogen) atoms. The number of aromatic nitrogens is 2. The van der Waals surface area contributed by atoms with Crippen molar-refractivity contribution < 1.29 is 13.3 Å². The summed E-state index contributed by atoms with van der Waals surface area (Å²) in [5, 5.41) is 4.40. The Balaban J connectivity index is 1.87. The van der Waals surface area contributed by atoms with Crippen molar-refractivity contribution in [2.24, 2.45) is 0 Å². The molecule has 108 valence electrons. The first-order valence-electron chi connectivity index (χ1n) is 6.15. The summed E-state index contributed by atoms with van der Waals surface area (Å²) in [4.78, 5) is 5.24. The van der Waals surface area contributed by atoms with Gasteiger partial charge < -0.3 is 10.3 Å². The quantitative estimate of drug-likeness (QED) is 0.803. The molecule has 7 heteroatoms. The Labute approximate surface area is 123 Å². The van der Waals surface area contributed by atoms with E-state index in [2.05, 4.69) is 10.1 Å². The normalized spacial score (nSPS) is 11.0. The first kappa shape index (κ1) is 13.7. The molecule has 0 amide bonds. The van der Waals surface area contributed by atoms with Crippen molar-refractivity contribution in [3.63, 3.8) is 0 Å². The molecule has 3 rings (SSSR count). The second-order valence-electron chi connectivity index (χ2n) is 4.56. The van der Waals surface area contributed by atoms with Crippen molar-refractivity contribution in [1.29, 1.82) is 0 Å². The fourth-order valence-electron chi connectivity index (χ4n) is 1.97. The Morgan fingerprint density at radius 1 is 1.29 bits per heavy atom. The van der Waals surface area contributed by atoms with Crippen LogP contribution >= 0.6 is 11.3 Å². The van der Waals surface area contributed by atoms with Crippen LogP contribution in [0, 0.1) is 18.6 Å². The average Bonchev–Trinajstić information content (AvgIpc) is 2.99. The summed E-state index contributed by atoms with van der Waals surface area (Å²) >= 11 is 1.43. The van der Waals surface area contributed by atoms with Crippen molar-refractivity contribution >= 4 is 16.3 Å². The molecule has 3 aromatic rings. The third-order valence-corrected chi connectivity index (χ3v) is 3.83. The third-order valence-electron chi connectivity index (χ3n) is 2.95. The highest BCUT2D eigenvalue weighted by Crippen LogP contribution is 2.32. The van der Waals surface area contributed by atoms with Crippen LogP contribution in [-0.2, 0) is 6.42 Å². The van der Waals surface area contributed by atoms with Crippen molar-refractivity contribution in [3.05, 3.63) is 52.2 Å². The largest absolute Gasteiger partial charge is 0.390 e. The van der Waals surface area contributed by atoms with Crippen LogP contribution in [0.3, 0.4) is 0 Å². The van der Waals surface area contributed by atoms with Crippen LogP contribution in [0.1, 0.15) is 16.3 Å². The highest BCUT2D eigenvalue weighted by Gasteiger charge is 2.15. The maximum Gasteiger partial charge on any atom is 0.260 e. The Morgan fingerprint density at radius 3 is 2.76 bits per heavy atom. The van der Waals surface area contributed by atoms with Gasteiger partial charge in [0.15, 0.2) is 5.82 Å². The van der Waals surface area contributed by atoms with Crippen LogP contribution in [0.4, 0.5) is 13.8 Å². The molecule has 0 unspecified atom stereocenters. The predicted molar refractivity (Wildman–Crippen MR) is 75.9 cm³/mol. The highest BCUT2D eigenvalue weighted by atomic mass is 32.1. The summed E-state index contributed by atoms with van der Waals surface area (Å²) in [6.07, 6.45) is 0.124.